The van der Waals surface area contributed by atoms with E-state index in [2.05, 4.69) is 37.2 Å². The molecule has 0 saturated heterocycles. The van der Waals surface area contributed by atoms with E-state index in [-0.39, 0.29) is 47.8 Å². The highest BCUT2D eigenvalue weighted by atomic mass is 35.5. The average Bonchev–Trinajstić information content (AvgIpc) is 3.23. The summed E-state index contributed by atoms with van der Waals surface area (Å²) in [4.78, 5) is 66.0. The van der Waals surface area contributed by atoms with Gasteiger partial charge in [-0.2, -0.15) is 0 Å². The van der Waals surface area contributed by atoms with E-state index >= 15 is 0 Å². The van der Waals surface area contributed by atoms with Gasteiger partial charge in [-0.3, -0.25) is 23.5 Å². The van der Waals surface area contributed by atoms with Crippen molar-refractivity contribution in [1.29, 1.82) is 0 Å². The molecule has 0 bridgehead atoms. The van der Waals surface area contributed by atoms with Crippen LogP contribution >= 0.6 is 11.6 Å². The van der Waals surface area contributed by atoms with Crippen LogP contribution in [0.15, 0.2) is 97.1 Å². The number of carbonyl (C=O) groups is 5. The van der Waals surface area contributed by atoms with Gasteiger partial charge in [0.2, 0.25) is 21.8 Å². The molecule has 0 radical (unpaired) electrons. The predicted molar refractivity (Wildman–Crippen MR) is 239 cm³/mol. The number of benzene rings is 4. The maximum absolute atomic E-state index is 14.0. The van der Waals surface area contributed by atoms with Gasteiger partial charge in [0.1, 0.15) is 6.04 Å². The Bertz CT molecular complexity index is 2280. The highest BCUT2D eigenvalue weighted by Crippen LogP contribution is 2.23. The van der Waals surface area contributed by atoms with Crippen LogP contribution in [0.3, 0.4) is 0 Å². The summed E-state index contributed by atoms with van der Waals surface area (Å²) < 4.78 is 26.2. The van der Waals surface area contributed by atoms with Crippen molar-refractivity contribution >= 4 is 62.7 Å². The summed E-state index contributed by atoms with van der Waals surface area (Å²) in [5.41, 5.74) is 3.25. The lowest BCUT2D eigenvalue weighted by atomic mass is 10.0. The van der Waals surface area contributed by atoms with Gasteiger partial charge in [-0.15, -0.1) is 0 Å². The van der Waals surface area contributed by atoms with Crippen molar-refractivity contribution in [2.75, 3.05) is 36.5 Å². The Hall–Kier alpha value is -5.97. The largest absolute Gasteiger partial charge is 0.350 e. The van der Waals surface area contributed by atoms with Gasteiger partial charge in [0.05, 0.1) is 24.0 Å². The van der Waals surface area contributed by atoms with Crippen LogP contribution in [0, 0.1) is 5.92 Å². The Morgan fingerprint density at radius 1 is 0.738 bits per heavy atom. The molecule has 0 aliphatic heterocycles. The van der Waals surface area contributed by atoms with E-state index in [1.165, 1.54) is 32.3 Å². The number of nitrogens with one attached hydrogen (secondary N) is 7. The highest BCUT2D eigenvalue weighted by molar-refractivity contribution is 7.92. The normalized spacial score (nSPS) is 13.2. The molecule has 61 heavy (non-hydrogen) atoms. The number of carbonyl (C=O) groups excluding carboxylic acids is 5. The first-order chi connectivity index (χ1) is 28.8. The minimum atomic E-state index is -3.77. The van der Waals surface area contributed by atoms with E-state index in [1.807, 2.05) is 50.2 Å². The SMILES string of the molecule is CNC(=O)Nc1ccc(CNC(=O)[C@@H](NC(=O)[C@H](C)NC[C@H](Cc2ccccc2)NC(=O)c2cc(C(=O)N[C@H](C)c3cccc(Cl)c3)cc(N(C)S(C)(=O)=O)c2)C(C)C)cc1. The lowest BCUT2D eigenvalue weighted by Crippen LogP contribution is -2.55. The number of urea groups is 1. The number of amides is 6. The fourth-order valence-electron chi connectivity index (χ4n) is 6.15. The lowest BCUT2D eigenvalue weighted by molar-refractivity contribution is -0.131. The monoisotopic (exact) mass is 874 g/mol. The van der Waals surface area contributed by atoms with Gasteiger partial charge in [-0.1, -0.05) is 80.0 Å². The molecule has 0 aliphatic carbocycles. The molecule has 6 amide bonds. The van der Waals surface area contributed by atoms with E-state index in [0.29, 0.717) is 17.1 Å². The molecular weight excluding hydrogens is 820 g/mol. The van der Waals surface area contributed by atoms with Gasteiger partial charge in [0.25, 0.3) is 11.8 Å². The van der Waals surface area contributed by atoms with Crippen molar-refractivity contribution in [3.05, 3.63) is 130 Å². The van der Waals surface area contributed by atoms with Crippen molar-refractivity contribution in [3.8, 4) is 0 Å². The number of hydrogen-bond acceptors (Lipinski definition) is 8. The number of rotatable bonds is 19. The second kappa shape index (κ2) is 22.0. The summed E-state index contributed by atoms with van der Waals surface area (Å²) in [6.45, 7) is 7.42. The second-order valence-electron chi connectivity index (χ2n) is 15.1. The molecule has 0 saturated carbocycles. The van der Waals surface area contributed by atoms with Crippen molar-refractivity contribution in [1.82, 2.24) is 31.9 Å². The van der Waals surface area contributed by atoms with Gasteiger partial charge in [-0.25, -0.2) is 13.2 Å². The van der Waals surface area contributed by atoms with Gasteiger partial charge < -0.3 is 37.2 Å². The molecule has 4 atom stereocenters. The average molecular weight is 875 g/mol. The molecule has 4 rings (SSSR count). The Morgan fingerprint density at radius 3 is 1.97 bits per heavy atom. The van der Waals surface area contributed by atoms with Crippen LogP contribution in [0.2, 0.25) is 5.02 Å². The van der Waals surface area contributed by atoms with Crippen molar-refractivity contribution < 1.29 is 32.4 Å². The maximum Gasteiger partial charge on any atom is 0.318 e. The highest BCUT2D eigenvalue weighted by Gasteiger charge is 2.27. The van der Waals surface area contributed by atoms with Gasteiger partial charge in [0.15, 0.2) is 0 Å². The van der Waals surface area contributed by atoms with Crippen LogP contribution < -0.4 is 41.5 Å². The van der Waals surface area contributed by atoms with E-state index in [4.69, 9.17) is 11.6 Å². The van der Waals surface area contributed by atoms with Crippen LogP contribution in [0.1, 0.15) is 71.1 Å². The smallest absolute Gasteiger partial charge is 0.318 e. The quantitative estimate of drug-likeness (QED) is 0.0698. The summed E-state index contributed by atoms with van der Waals surface area (Å²) >= 11 is 6.16. The Morgan fingerprint density at radius 2 is 1.38 bits per heavy atom. The topological polar surface area (TPSA) is 207 Å². The molecule has 4 aromatic rings. The Kier molecular flexibility index (Phi) is 17.2. The first-order valence-corrected chi connectivity index (χ1v) is 22.0. The number of sulfonamides is 1. The van der Waals surface area contributed by atoms with Crippen molar-refractivity contribution in [2.24, 2.45) is 5.92 Å². The van der Waals surface area contributed by atoms with Crippen LogP contribution in [-0.4, -0.2) is 83.1 Å². The van der Waals surface area contributed by atoms with Crippen LogP contribution in [0.4, 0.5) is 16.2 Å². The molecule has 326 valence electrons. The summed E-state index contributed by atoms with van der Waals surface area (Å²) in [5, 5.41) is 20.5. The molecule has 0 fully saturated rings. The lowest BCUT2D eigenvalue weighted by Gasteiger charge is -2.26. The third-order valence-electron chi connectivity index (χ3n) is 9.88. The summed E-state index contributed by atoms with van der Waals surface area (Å²) in [7, 11) is -0.926. The second-order valence-corrected chi connectivity index (χ2v) is 17.5. The number of nitrogens with zero attached hydrogens (tertiary/aromatic N) is 1. The molecular formula is C44H55ClN8O7S. The van der Waals surface area contributed by atoms with E-state index in [1.54, 1.807) is 56.3 Å². The Labute approximate surface area is 362 Å². The molecule has 4 aromatic carbocycles. The third-order valence-corrected chi connectivity index (χ3v) is 11.3. The number of hydrogen-bond donors (Lipinski definition) is 7. The van der Waals surface area contributed by atoms with Gasteiger partial charge in [-0.05, 0) is 85.3 Å². The molecule has 0 aromatic heterocycles. The molecule has 0 unspecified atom stereocenters. The minimum absolute atomic E-state index is 0.0414. The summed E-state index contributed by atoms with van der Waals surface area (Å²) in [6.07, 6.45) is 1.38. The van der Waals surface area contributed by atoms with E-state index in [0.717, 1.165) is 27.3 Å². The van der Waals surface area contributed by atoms with E-state index in [9.17, 15) is 32.4 Å². The zero-order valence-electron chi connectivity index (χ0n) is 35.3. The first-order valence-electron chi connectivity index (χ1n) is 19.7. The zero-order valence-corrected chi connectivity index (χ0v) is 36.9. The predicted octanol–water partition coefficient (Wildman–Crippen LogP) is 4.75. The minimum Gasteiger partial charge on any atom is -0.350 e. The fraction of sp³-hybridized carbons (Fsp3) is 0.341. The first kappa shape index (κ1) is 47.7. The standard InChI is InChI=1S/C44H55ClN8O7S/c1-27(2)39(43(57)48-25-31-16-18-36(19-17-31)51-44(58)46-5)52-40(54)29(4)47-26-37(20-30-12-9-8-10-13-30)50-42(56)34-21-33(23-38(24-34)53(6)61(7,59)60)41(55)49-28(3)32-14-11-15-35(45)22-32/h8-19,21-24,27-29,37,39,47H,20,25-26H2,1-7H3,(H,48,57)(H,49,55)(H,50,56)(H,52,54)(H2,46,51,58)/t28-,29+,37+,39+/m1/s1. The van der Waals surface area contributed by atoms with Gasteiger partial charge >= 0.3 is 6.03 Å². The van der Waals surface area contributed by atoms with Gasteiger partial charge in [0, 0.05) is 55.1 Å². The fourth-order valence-corrected chi connectivity index (χ4v) is 6.84. The molecule has 7 N–H and O–H groups in total. The maximum atomic E-state index is 14.0. The van der Waals surface area contributed by atoms with Crippen LogP contribution in [0.5, 0.6) is 0 Å². The third kappa shape index (κ3) is 14.6. The molecule has 15 nitrogen and oxygen atoms in total. The van der Waals surface area contributed by atoms with Crippen molar-refractivity contribution in [3.63, 3.8) is 0 Å². The number of halogens is 1. The molecule has 0 spiro atoms. The van der Waals surface area contributed by atoms with E-state index < -0.39 is 51.9 Å². The Balaban J connectivity index is 1.47. The summed E-state index contributed by atoms with van der Waals surface area (Å²) in [5.74, 6) is -2.15. The molecule has 0 heterocycles. The zero-order chi connectivity index (χ0) is 44.9. The molecule has 0 aliphatic rings. The summed E-state index contributed by atoms with van der Waals surface area (Å²) in [6, 6.07) is 24.6. The molecule has 17 heteroatoms. The van der Waals surface area contributed by atoms with Crippen LogP contribution in [-0.2, 0) is 32.6 Å². The number of anilines is 2. The van der Waals surface area contributed by atoms with Crippen molar-refractivity contribution in [2.45, 2.75) is 64.8 Å². The van der Waals surface area contributed by atoms with Crippen LogP contribution in [0.25, 0.3) is 0 Å².